The third-order valence-corrected chi connectivity index (χ3v) is 10.1. The lowest BCUT2D eigenvalue weighted by atomic mass is 9.83. The summed E-state index contributed by atoms with van der Waals surface area (Å²) in [5, 5.41) is 9.43. The zero-order valence-electron chi connectivity index (χ0n) is 24.0. The predicted octanol–water partition coefficient (Wildman–Crippen LogP) is 5.47. The lowest BCUT2D eigenvalue weighted by Crippen LogP contribution is -2.24. The standard InChI is InChI=1S/C31H33N5O3S2/c1-21-11-9-13-23(17-21)36-29(22-12-10-14-25(18-22)41(38,39)34(4)5)32-33-30(36)40-20-24(37)19-28-31(2,3)26-15-7-8-16-27(26)35(28)6/h7-19H,20H2,1-6H3/b28-19+. The van der Waals surface area contributed by atoms with E-state index < -0.39 is 10.0 Å². The van der Waals surface area contributed by atoms with Crippen LogP contribution in [0.4, 0.5) is 5.69 Å². The van der Waals surface area contributed by atoms with E-state index >= 15 is 0 Å². The number of allylic oxidation sites excluding steroid dienone is 2. The van der Waals surface area contributed by atoms with Crippen molar-refractivity contribution in [2.24, 2.45) is 0 Å². The van der Waals surface area contributed by atoms with Crippen LogP contribution < -0.4 is 4.90 Å². The van der Waals surface area contributed by atoms with Crippen molar-refractivity contribution in [3.8, 4) is 17.1 Å². The summed E-state index contributed by atoms with van der Waals surface area (Å²) in [6.07, 6.45) is 1.73. The number of ketones is 1. The van der Waals surface area contributed by atoms with Gasteiger partial charge in [-0.1, -0.05) is 68.1 Å². The van der Waals surface area contributed by atoms with E-state index in [1.54, 1.807) is 24.3 Å². The van der Waals surface area contributed by atoms with Crippen LogP contribution in [0, 0.1) is 6.92 Å². The van der Waals surface area contributed by atoms with Crippen LogP contribution in [0.15, 0.2) is 94.6 Å². The Morgan fingerprint density at radius 3 is 2.44 bits per heavy atom. The number of likely N-dealkylation sites (N-methyl/N-ethyl adjacent to an activating group) is 1. The molecule has 0 radical (unpaired) electrons. The number of carbonyl (C=O) groups excluding carboxylic acids is 1. The van der Waals surface area contributed by atoms with E-state index in [1.807, 2.05) is 61.0 Å². The first-order chi connectivity index (χ1) is 19.4. The van der Waals surface area contributed by atoms with Gasteiger partial charge in [-0.05, 0) is 48.4 Å². The van der Waals surface area contributed by atoms with Crippen LogP contribution in [0.2, 0.25) is 0 Å². The summed E-state index contributed by atoms with van der Waals surface area (Å²) in [5.41, 5.74) is 5.43. The molecule has 41 heavy (non-hydrogen) atoms. The second kappa shape index (κ2) is 10.9. The minimum absolute atomic E-state index is 0.0304. The molecule has 5 rings (SSSR count). The molecule has 2 heterocycles. The van der Waals surface area contributed by atoms with Gasteiger partial charge in [0, 0.05) is 55.3 Å². The van der Waals surface area contributed by atoms with E-state index in [-0.39, 0.29) is 21.8 Å². The molecule has 1 aliphatic heterocycles. The van der Waals surface area contributed by atoms with E-state index in [0.717, 1.165) is 22.6 Å². The van der Waals surface area contributed by atoms with E-state index in [4.69, 9.17) is 0 Å². The Morgan fingerprint density at radius 1 is 1.00 bits per heavy atom. The zero-order chi connectivity index (χ0) is 29.5. The van der Waals surface area contributed by atoms with Crippen molar-refractivity contribution in [3.05, 3.63) is 95.7 Å². The number of para-hydroxylation sites is 1. The number of hydrogen-bond acceptors (Lipinski definition) is 7. The number of aryl methyl sites for hydroxylation is 1. The van der Waals surface area contributed by atoms with Gasteiger partial charge in [0.15, 0.2) is 16.8 Å². The summed E-state index contributed by atoms with van der Waals surface area (Å²) < 4.78 is 28.7. The van der Waals surface area contributed by atoms with Gasteiger partial charge in [0.2, 0.25) is 10.0 Å². The lowest BCUT2D eigenvalue weighted by Gasteiger charge is -2.23. The van der Waals surface area contributed by atoms with Gasteiger partial charge in [-0.3, -0.25) is 9.36 Å². The molecule has 8 nitrogen and oxygen atoms in total. The van der Waals surface area contributed by atoms with Crippen molar-refractivity contribution in [2.75, 3.05) is 31.8 Å². The number of anilines is 1. The Balaban J connectivity index is 1.48. The number of aromatic nitrogens is 3. The SMILES string of the molecule is Cc1cccc(-n2c(SCC(=O)/C=C3/N(C)c4ccccc4C3(C)C)nnc2-c2cccc(S(=O)(=O)N(C)C)c2)c1. The molecule has 0 spiro atoms. The lowest BCUT2D eigenvalue weighted by molar-refractivity contribution is -0.112. The molecule has 0 fully saturated rings. The molecule has 0 unspecified atom stereocenters. The first kappa shape index (κ1) is 28.8. The average molecular weight is 588 g/mol. The van der Waals surface area contributed by atoms with Crippen molar-refractivity contribution in [1.29, 1.82) is 0 Å². The van der Waals surface area contributed by atoms with Crippen molar-refractivity contribution in [3.63, 3.8) is 0 Å². The Hall–Kier alpha value is -3.73. The predicted molar refractivity (Wildman–Crippen MR) is 164 cm³/mol. The maximum atomic E-state index is 13.3. The molecule has 10 heteroatoms. The molecule has 3 aromatic carbocycles. The van der Waals surface area contributed by atoms with E-state index in [0.29, 0.717) is 16.5 Å². The largest absolute Gasteiger partial charge is 0.347 e. The number of fused-ring (bicyclic) bond motifs is 1. The van der Waals surface area contributed by atoms with Gasteiger partial charge in [-0.25, -0.2) is 12.7 Å². The normalized spacial score (nSPS) is 15.5. The molecule has 0 atom stereocenters. The summed E-state index contributed by atoms with van der Waals surface area (Å²) in [4.78, 5) is 15.6. The molecular weight excluding hydrogens is 555 g/mol. The molecule has 0 saturated carbocycles. The Labute approximate surface area is 245 Å². The van der Waals surface area contributed by atoms with E-state index in [2.05, 4.69) is 41.1 Å². The molecule has 1 aromatic heterocycles. The van der Waals surface area contributed by atoms with Crippen LogP contribution in [0.25, 0.3) is 17.1 Å². The van der Waals surface area contributed by atoms with Gasteiger partial charge >= 0.3 is 0 Å². The second-order valence-corrected chi connectivity index (χ2v) is 13.9. The molecule has 0 amide bonds. The average Bonchev–Trinajstić information content (AvgIpc) is 3.45. The summed E-state index contributed by atoms with van der Waals surface area (Å²) in [5.74, 6) is 0.631. The van der Waals surface area contributed by atoms with E-state index in [1.165, 1.54) is 35.7 Å². The maximum Gasteiger partial charge on any atom is 0.242 e. The number of hydrogen-bond donors (Lipinski definition) is 0. The maximum absolute atomic E-state index is 13.3. The third-order valence-electron chi connectivity index (χ3n) is 7.35. The van der Waals surface area contributed by atoms with Gasteiger partial charge < -0.3 is 4.90 Å². The second-order valence-electron chi connectivity index (χ2n) is 10.8. The molecule has 0 saturated heterocycles. The number of benzene rings is 3. The molecule has 0 bridgehead atoms. The molecule has 4 aromatic rings. The quantitative estimate of drug-likeness (QED) is 0.200. The highest BCUT2D eigenvalue weighted by Crippen LogP contribution is 2.46. The molecule has 0 N–H and O–H groups in total. The van der Waals surface area contributed by atoms with Gasteiger partial charge in [-0.2, -0.15) is 0 Å². The van der Waals surface area contributed by atoms with Crippen molar-refractivity contribution in [2.45, 2.75) is 36.2 Å². The fourth-order valence-corrected chi connectivity index (χ4v) is 6.87. The first-order valence-electron chi connectivity index (χ1n) is 13.2. The van der Waals surface area contributed by atoms with Crippen molar-refractivity contribution < 1.29 is 13.2 Å². The Bertz CT molecular complexity index is 1770. The Morgan fingerprint density at radius 2 is 1.73 bits per heavy atom. The van der Waals surface area contributed by atoms with Crippen molar-refractivity contribution >= 4 is 33.3 Å². The highest BCUT2D eigenvalue weighted by Gasteiger charge is 2.38. The highest BCUT2D eigenvalue weighted by molar-refractivity contribution is 7.99. The van der Waals surface area contributed by atoms with Crippen LogP contribution in [-0.2, 0) is 20.2 Å². The molecule has 0 aliphatic carbocycles. The van der Waals surface area contributed by atoms with Crippen LogP contribution in [0.5, 0.6) is 0 Å². The van der Waals surface area contributed by atoms with E-state index in [9.17, 15) is 13.2 Å². The molecule has 1 aliphatic rings. The summed E-state index contributed by atoms with van der Waals surface area (Å²) in [6, 6.07) is 22.8. The summed E-state index contributed by atoms with van der Waals surface area (Å²) in [7, 11) is 1.36. The number of thioether (sulfide) groups is 1. The first-order valence-corrected chi connectivity index (χ1v) is 15.6. The minimum atomic E-state index is -3.64. The van der Waals surface area contributed by atoms with Gasteiger partial charge in [0.05, 0.1) is 10.6 Å². The number of nitrogens with zero attached hydrogens (tertiary/aromatic N) is 5. The third kappa shape index (κ3) is 5.35. The van der Waals surface area contributed by atoms with Gasteiger partial charge in [0.25, 0.3) is 0 Å². The summed E-state index contributed by atoms with van der Waals surface area (Å²) in [6.45, 7) is 6.26. The molecule has 212 valence electrons. The van der Waals surface area contributed by atoms with Crippen LogP contribution in [-0.4, -0.2) is 60.2 Å². The number of rotatable bonds is 8. The van der Waals surface area contributed by atoms with Gasteiger partial charge in [0.1, 0.15) is 0 Å². The van der Waals surface area contributed by atoms with Crippen LogP contribution >= 0.6 is 11.8 Å². The zero-order valence-corrected chi connectivity index (χ0v) is 25.6. The Kier molecular flexibility index (Phi) is 7.67. The van der Waals surface area contributed by atoms with Crippen LogP contribution in [0.3, 0.4) is 0 Å². The number of sulfonamides is 1. The molecular formula is C31H33N5O3S2. The van der Waals surface area contributed by atoms with Crippen LogP contribution in [0.1, 0.15) is 25.0 Å². The smallest absolute Gasteiger partial charge is 0.242 e. The highest BCUT2D eigenvalue weighted by atomic mass is 32.2. The number of carbonyl (C=O) groups is 1. The summed E-state index contributed by atoms with van der Waals surface area (Å²) >= 11 is 1.30. The van der Waals surface area contributed by atoms with Crippen molar-refractivity contribution in [1.82, 2.24) is 19.1 Å². The fraction of sp³-hybridized carbons (Fsp3) is 0.258. The minimum Gasteiger partial charge on any atom is -0.347 e. The monoisotopic (exact) mass is 587 g/mol. The fourth-order valence-electron chi connectivity index (χ4n) is 5.15. The topological polar surface area (TPSA) is 88.4 Å². The van der Waals surface area contributed by atoms with Gasteiger partial charge in [-0.15, -0.1) is 10.2 Å².